The third kappa shape index (κ3) is 3.70. The van der Waals surface area contributed by atoms with E-state index < -0.39 is 10.8 Å². The summed E-state index contributed by atoms with van der Waals surface area (Å²) in [5.74, 6) is -0.755. The number of amides is 1. The van der Waals surface area contributed by atoms with Gasteiger partial charge in [0.1, 0.15) is 0 Å². The molecule has 0 aromatic heterocycles. The number of carbonyl (C=O) groups excluding carboxylic acids is 1. The van der Waals surface area contributed by atoms with Gasteiger partial charge in [-0.15, -0.1) is 5.75 Å². The van der Waals surface area contributed by atoms with Crippen molar-refractivity contribution < 1.29 is 14.8 Å². The lowest BCUT2D eigenvalue weighted by Crippen LogP contribution is -2.23. The molecule has 108 valence electrons. The van der Waals surface area contributed by atoms with Crippen molar-refractivity contribution in [3.8, 4) is 5.75 Å². The molecular weight excluding hydrogens is 296 g/mol. The first-order chi connectivity index (χ1) is 9.97. The Morgan fingerprint density at radius 1 is 1.19 bits per heavy atom. The number of rotatable bonds is 4. The van der Waals surface area contributed by atoms with E-state index >= 15 is 0 Å². The van der Waals surface area contributed by atoms with Gasteiger partial charge in [-0.2, -0.15) is 0 Å². The molecule has 0 unspecified atom stereocenters. The Morgan fingerprint density at radius 3 is 2.48 bits per heavy atom. The lowest BCUT2D eigenvalue weighted by Gasteiger charge is -2.13. The van der Waals surface area contributed by atoms with Crippen molar-refractivity contribution in [1.82, 2.24) is 5.32 Å². The molecule has 0 aliphatic carbocycles. The highest BCUT2D eigenvalue weighted by atomic mass is 35.5. The molecular formula is C14H10ClN2O4-. The van der Waals surface area contributed by atoms with E-state index in [1.165, 1.54) is 0 Å². The summed E-state index contributed by atoms with van der Waals surface area (Å²) in [5.41, 5.74) is 0.356. The monoisotopic (exact) mass is 305 g/mol. The lowest BCUT2D eigenvalue weighted by atomic mass is 10.1. The first-order valence-corrected chi connectivity index (χ1v) is 6.33. The maximum Gasteiger partial charge on any atom is 0.269 e. The van der Waals surface area contributed by atoms with E-state index in [-0.39, 0.29) is 23.5 Å². The number of nitrogens with zero attached hydrogens (tertiary/aromatic N) is 1. The third-order valence-electron chi connectivity index (χ3n) is 2.80. The van der Waals surface area contributed by atoms with Crippen LogP contribution in [0.2, 0.25) is 5.02 Å². The summed E-state index contributed by atoms with van der Waals surface area (Å²) in [5, 5.41) is 25.3. The fourth-order valence-electron chi connectivity index (χ4n) is 1.70. The van der Waals surface area contributed by atoms with Gasteiger partial charge in [-0.25, -0.2) is 0 Å². The molecule has 0 spiro atoms. The maximum absolute atomic E-state index is 11.9. The Labute approximate surface area is 125 Å². The van der Waals surface area contributed by atoms with Gasteiger partial charge < -0.3 is 10.4 Å². The Balaban J connectivity index is 2.09. The molecule has 0 aliphatic rings. The Kier molecular flexibility index (Phi) is 4.39. The maximum atomic E-state index is 11.9. The number of nitro groups is 1. The highest BCUT2D eigenvalue weighted by molar-refractivity contribution is 6.30. The second-order valence-electron chi connectivity index (χ2n) is 4.24. The number of nitro benzene ring substituents is 1. The van der Waals surface area contributed by atoms with E-state index in [0.29, 0.717) is 10.6 Å². The van der Waals surface area contributed by atoms with E-state index in [0.717, 1.165) is 18.2 Å². The topological polar surface area (TPSA) is 95.3 Å². The van der Waals surface area contributed by atoms with Crippen LogP contribution in [0.5, 0.6) is 5.75 Å². The number of halogens is 1. The number of hydrogen-bond acceptors (Lipinski definition) is 4. The van der Waals surface area contributed by atoms with E-state index in [9.17, 15) is 20.0 Å². The number of non-ortho nitro benzene ring substituents is 1. The molecule has 21 heavy (non-hydrogen) atoms. The van der Waals surface area contributed by atoms with Crippen LogP contribution >= 0.6 is 11.6 Å². The summed E-state index contributed by atoms with van der Waals surface area (Å²) in [6.07, 6.45) is 0. The highest BCUT2D eigenvalue weighted by Crippen LogP contribution is 2.20. The van der Waals surface area contributed by atoms with E-state index in [1.54, 1.807) is 24.3 Å². The molecule has 0 saturated carbocycles. The molecule has 1 amide bonds. The molecule has 0 fully saturated rings. The van der Waals surface area contributed by atoms with Gasteiger partial charge in [0.05, 0.1) is 4.92 Å². The predicted molar refractivity (Wildman–Crippen MR) is 75.2 cm³/mol. The summed E-state index contributed by atoms with van der Waals surface area (Å²) < 4.78 is 0. The molecule has 2 rings (SSSR count). The predicted octanol–water partition coefficient (Wildman–Crippen LogP) is 2.25. The van der Waals surface area contributed by atoms with Crippen LogP contribution in [0.1, 0.15) is 15.9 Å². The zero-order chi connectivity index (χ0) is 15.4. The number of carbonyl (C=O) groups is 1. The molecule has 2 aromatic carbocycles. The van der Waals surface area contributed by atoms with Gasteiger partial charge in [0.15, 0.2) is 0 Å². The van der Waals surface area contributed by atoms with E-state index in [2.05, 4.69) is 5.32 Å². The molecule has 2 aromatic rings. The minimum atomic E-state index is -0.593. The SMILES string of the molecule is O=C(NCc1cc([N+](=O)[O-])ccc1[O-])c1ccc(Cl)cc1. The minimum Gasteiger partial charge on any atom is -0.872 e. The molecule has 0 heterocycles. The van der Waals surface area contributed by atoms with Gasteiger partial charge in [-0.3, -0.25) is 14.9 Å². The van der Waals surface area contributed by atoms with Crippen molar-refractivity contribution in [2.24, 2.45) is 0 Å². The summed E-state index contributed by atoms with van der Waals surface area (Å²) in [6.45, 7) is -0.0814. The molecule has 0 aliphatic heterocycles. The van der Waals surface area contributed by atoms with Gasteiger partial charge in [0.2, 0.25) is 0 Å². The Morgan fingerprint density at radius 2 is 1.86 bits per heavy atom. The summed E-state index contributed by atoms with van der Waals surface area (Å²) >= 11 is 5.72. The van der Waals surface area contributed by atoms with Gasteiger partial charge in [-0.1, -0.05) is 17.7 Å². The van der Waals surface area contributed by atoms with Crippen LogP contribution in [-0.4, -0.2) is 10.8 Å². The van der Waals surface area contributed by atoms with Crippen LogP contribution in [0, 0.1) is 10.1 Å². The zero-order valence-corrected chi connectivity index (χ0v) is 11.5. The average molecular weight is 306 g/mol. The molecule has 0 atom stereocenters. The standard InChI is InChI=1S/C14H11ClN2O4/c15-11-3-1-9(2-4-11)14(19)16-8-10-7-12(17(20)21)5-6-13(10)18/h1-7,18H,8H2,(H,16,19)/p-1. The van der Waals surface area contributed by atoms with Crippen LogP contribution in [0.25, 0.3) is 0 Å². The molecule has 6 nitrogen and oxygen atoms in total. The first kappa shape index (κ1) is 14.8. The van der Waals surface area contributed by atoms with Gasteiger partial charge >= 0.3 is 0 Å². The average Bonchev–Trinajstić information content (AvgIpc) is 2.46. The normalized spacial score (nSPS) is 10.1. The van der Waals surface area contributed by atoms with Crippen molar-refractivity contribution in [3.63, 3.8) is 0 Å². The van der Waals surface area contributed by atoms with Crippen molar-refractivity contribution in [1.29, 1.82) is 0 Å². The number of benzene rings is 2. The molecule has 7 heteroatoms. The molecule has 0 saturated heterocycles. The van der Waals surface area contributed by atoms with E-state index in [1.807, 2.05) is 0 Å². The van der Waals surface area contributed by atoms with Crippen molar-refractivity contribution in [2.75, 3.05) is 0 Å². The largest absolute Gasteiger partial charge is 0.872 e. The Hall–Kier alpha value is -2.60. The van der Waals surface area contributed by atoms with Crippen LogP contribution in [0.4, 0.5) is 5.69 Å². The summed E-state index contributed by atoms with van der Waals surface area (Å²) in [6, 6.07) is 9.64. The second-order valence-corrected chi connectivity index (χ2v) is 4.68. The van der Waals surface area contributed by atoms with Crippen molar-refractivity contribution >= 4 is 23.2 Å². The smallest absolute Gasteiger partial charge is 0.269 e. The number of hydrogen-bond donors (Lipinski definition) is 1. The van der Waals surface area contributed by atoms with Crippen LogP contribution in [-0.2, 0) is 6.54 Å². The molecule has 0 radical (unpaired) electrons. The zero-order valence-electron chi connectivity index (χ0n) is 10.7. The lowest BCUT2D eigenvalue weighted by molar-refractivity contribution is -0.385. The fourth-order valence-corrected chi connectivity index (χ4v) is 1.82. The van der Waals surface area contributed by atoms with Crippen molar-refractivity contribution in [2.45, 2.75) is 6.54 Å². The molecule has 0 bridgehead atoms. The van der Waals surface area contributed by atoms with Gasteiger partial charge in [0, 0.05) is 29.3 Å². The Bertz CT molecular complexity index is 686. The third-order valence-corrected chi connectivity index (χ3v) is 3.05. The fraction of sp³-hybridized carbons (Fsp3) is 0.0714. The summed E-state index contributed by atoms with van der Waals surface area (Å²) in [7, 11) is 0. The van der Waals surface area contributed by atoms with Crippen LogP contribution in [0.15, 0.2) is 42.5 Å². The van der Waals surface area contributed by atoms with Crippen LogP contribution < -0.4 is 10.4 Å². The minimum absolute atomic E-state index is 0.0814. The van der Waals surface area contributed by atoms with Gasteiger partial charge in [0.25, 0.3) is 11.6 Å². The highest BCUT2D eigenvalue weighted by Gasteiger charge is 2.09. The second kappa shape index (κ2) is 6.23. The van der Waals surface area contributed by atoms with Crippen molar-refractivity contribution in [3.05, 3.63) is 68.7 Å². The first-order valence-electron chi connectivity index (χ1n) is 5.95. The van der Waals surface area contributed by atoms with E-state index in [4.69, 9.17) is 11.6 Å². The van der Waals surface area contributed by atoms with Crippen LogP contribution in [0.3, 0.4) is 0 Å². The molecule has 1 N–H and O–H groups in total. The van der Waals surface area contributed by atoms with Gasteiger partial charge in [-0.05, 0) is 29.8 Å². The number of nitrogens with one attached hydrogen (secondary N) is 1. The quantitative estimate of drug-likeness (QED) is 0.692. The summed E-state index contributed by atoms with van der Waals surface area (Å²) in [4.78, 5) is 21.9.